The van der Waals surface area contributed by atoms with Gasteiger partial charge in [-0.3, -0.25) is 10.1 Å². The lowest BCUT2D eigenvalue weighted by atomic mass is 10.1. The standard InChI is InChI=1S/C23H22N2O5/c1-14-8-9-19(15(2)10-14)24-23(28)25-21(26)13-30-22(27)18-11-16-6-4-5-7-17(16)12-20(18)29-3/h4-12H,13H2,1-3H3,(H2,24,25,26,28). The fraction of sp³-hybridized carbons (Fsp3) is 0.174. The molecule has 7 nitrogen and oxygen atoms in total. The Labute approximate surface area is 174 Å². The van der Waals surface area contributed by atoms with Crippen LogP contribution >= 0.6 is 0 Å². The number of esters is 1. The quantitative estimate of drug-likeness (QED) is 0.626. The SMILES string of the molecule is COc1cc2ccccc2cc1C(=O)OCC(=O)NC(=O)Nc1ccc(C)cc1C. The van der Waals surface area contributed by atoms with E-state index in [1.54, 1.807) is 18.2 Å². The fourth-order valence-electron chi connectivity index (χ4n) is 3.03. The third kappa shape index (κ3) is 4.94. The number of urea groups is 1. The van der Waals surface area contributed by atoms with Crippen molar-refractivity contribution < 1.29 is 23.9 Å². The summed E-state index contributed by atoms with van der Waals surface area (Å²) >= 11 is 0. The Kier molecular flexibility index (Phi) is 6.32. The number of nitrogens with one attached hydrogen (secondary N) is 2. The minimum Gasteiger partial charge on any atom is -0.496 e. The molecule has 0 heterocycles. The summed E-state index contributed by atoms with van der Waals surface area (Å²) in [6.45, 7) is 3.19. The van der Waals surface area contributed by atoms with Gasteiger partial charge in [0, 0.05) is 5.69 Å². The summed E-state index contributed by atoms with van der Waals surface area (Å²) in [7, 11) is 1.45. The number of carbonyl (C=O) groups is 3. The molecule has 0 aliphatic heterocycles. The maximum absolute atomic E-state index is 12.4. The Morgan fingerprint density at radius 1 is 0.933 bits per heavy atom. The van der Waals surface area contributed by atoms with Crippen LogP contribution in [0.1, 0.15) is 21.5 Å². The molecule has 3 aromatic carbocycles. The molecule has 3 amide bonds. The molecule has 154 valence electrons. The maximum atomic E-state index is 12.4. The third-order valence-electron chi connectivity index (χ3n) is 4.51. The number of methoxy groups -OCH3 is 1. The van der Waals surface area contributed by atoms with Crippen LogP contribution in [0.2, 0.25) is 0 Å². The van der Waals surface area contributed by atoms with E-state index in [9.17, 15) is 14.4 Å². The molecule has 0 spiro atoms. The van der Waals surface area contributed by atoms with Crippen LogP contribution in [-0.2, 0) is 9.53 Å². The number of carbonyl (C=O) groups excluding carboxylic acids is 3. The molecule has 0 fully saturated rings. The van der Waals surface area contributed by atoms with Gasteiger partial charge in [-0.1, -0.05) is 42.0 Å². The van der Waals surface area contributed by atoms with Crippen LogP contribution in [0.25, 0.3) is 10.8 Å². The predicted octanol–water partition coefficient (Wildman–Crippen LogP) is 3.97. The van der Waals surface area contributed by atoms with Crippen LogP contribution in [0, 0.1) is 13.8 Å². The van der Waals surface area contributed by atoms with E-state index in [1.807, 2.05) is 50.2 Å². The minimum atomic E-state index is -0.745. The second kappa shape index (κ2) is 9.09. The summed E-state index contributed by atoms with van der Waals surface area (Å²) in [5, 5.41) is 6.48. The number of ether oxygens (including phenoxy) is 2. The smallest absolute Gasteiger partial charge is 0.342 e. The first-order chi connectivity index (χ1) is 14.4. The van der Waals surface area contributed by atoms with Crippen molar-refractivity contribution in [3.05, 3.63) is 71.3 Å². The van der Waals surface area contributed by atoms with Crippen molar-refractivity contribution in [1.82, 2.24) is 5.32 Å². The number of fused-ring (bicyclic) bond motifs is 1. The number of rotatable bonds is 5. The Hall–Kier alpha value is -3.87. The van der Waals surface area contributed by atoms with Gasteiger partial charge in [0.25, 0.3) is 5.91 Å². The van der Waals surface area contributed by atoms with Crippen molar-refractivity contribution in [3.63, 3.8) is 0 Å². The molecule has 0 unspecified atom stereocenters. The molecule has 0 saturated carbocycles. The molecular weight excluding hydrogens is 384 g/mol. The Morgan fingerprint density at radius 2 is 1.63 bits per heavy atom. The van der Waals surface area contributed by atoms with Crippen molar-refractivity contribution in [2.45, 2.75) is 13.8 Å². The molecule has 0 aliphatic rings. The van der Waals surface area contributed by atoms with Gasteiger partial charge in [-0.05, 0) is 48.4 Å². The van der Waals surface area contributed by atoms with E-state index in [4.69, 9.17) is 9.47 Å². The highest BCUT2D eigenvalue weighted by atomic mass is 16.5. The second-order valence-electron chi connectivity index (χ2n) is 6.80. The van der Waals surface area contributed by atoms with Gasteiger partial charge in [0.2, 0.25) is 0 Å². The average Bonchev–Trinajstić information content (AvgIpc) is 2.73. The van der Waals surface area contributed by atoms with Crippen molar-refractivity contribution in [2.24, 2.45) is 0 Å². The molecule has 3 rings (SSSR count). The van der Waals surface area contributed by atoms with E-state index in [0.29, 0.717) is 11.4 Å². The van der Waals surface area contributed by atoms with E-state index in [1.165, 1.54) is 7.11 Å². The molecule has 2 N–H and O–H groups in total. The number of benzene rings is 3. The lowest BCUT2D eigenvalue weighted by molar-refractivity contribution is -0.123. The molecule has 0 saturated heterocycles. The number of hydrogen-bond donors (Lipinski definition) is 2. The van der Waals surface area contributed by atoms with Crippen LogP contribution in [-0.4, -0.2) is 31.6 Å². The molecule has 0 aromatic heterocycles. The Bertz CT molecular complexity index is 1120. The Balaban J connectivity index is 1.59. The van der Waals surface area contributed by atoms with Crippen LogP contribution in [0.3, 0.4) is 0 Å². The summed E-state index contributed by atoms with van der Waals surface area (Å²) in [6.07, 6.45) is 0. The number of amides is 3. The first-order valence-electron chi connectivity index (χ1n) is 9.29. The summed E-state index contributed by atoms with van der Waals surface area (Å²) in [5.74, 6) is -1.13. The van der Waals surface area contributed by atoms with Crippen molar-refractivity contribution in [1.29, 1.82) is 0 Å². The van der Waals surface area contributed by atoms with Gasteiger partial charge < -0.3 is 14.8 Å². The van der Waals surface area contributed by atoms with Gasteiger partial charge in [0.05, 0.1) is 7.11 Å². The number of aryl methyl sites for hydroxylation is 2. The summed E-state index contributed by atoms with van der Waals surface area (Å²) in [4.78, 5) is 36.5. The molecule has 30 heavy (non-hydrogen) atoms. The van der Waals surface area contributed by atoms with Gasteiger partial charge in [-0.15, -0.1) is 0 Å². The molecular formula is C23H22N2O5. The highest BCUT2D eigenvalue weighted by molar-refractivity contribution is 6.03. The molecule has 0 radical (unpaired) electrons. The van der Waals surface area contributed by atoms with E-state index < -0.39 is 24.5 Å². The highest BCUT2D eigenvalue weighted by Gasteiger charge is 2.17. The molecule has 0 atom stereocenters. The average molecular weight is 406 g/mol. The summed E-state index contributed by atoms with van der Waals surface area (Å²) in [6, 6.07) is 15.7. The first kappa shape index (κ1) is 20.9. The second-order valence-corrected chi connectivity index (χ2v) is 6.80. The topological polar surface area (TPSA) is 93.7 Å². The lowest BCUT2D eigenvalue weighted by Crippen LogP contribution is -2.37. The maximum Gasteiger partial charge on any atom is 0.342 e. The van der Waals surface area contributed by atoms with Crippen molar-refractivity contribution in [2.75, 3.05) is 19.0 Å². The zero-order valence-corrected chi connectivity index (χ0v) is 16.9. The summed E-state index contributed by atoms with van der Waals surface area (Å²) < 4.78 is 10.3. The van der Waals surface area contributed by atoms with Crippen LogP contribution in [0.4, 0.5) is 10.5 Å². The molecule has 7 heteroatoms. The van der Waals surface area contributed by atoms with Crippen LogP contribution < -0.4 is 15.4 Å². The van der Waals surface area contributed by atoms with Crippen molar-refractivity contribution in [3.8, 4) is 5.75 Å². The van der Waals surface area contributed by atoms with E-state index >= 15 is 0 Å². The summed E-state index contributed by atoms with van der Waals surface area (Å²) in [5.41, 5.74) is 2.71. The van der Waals surface area contributed by atoms with Gasteiger partial charge in [0.15, 0.2) is 6.61 Å². The number of imide groups is 1. The highest BCUT2D eigenvalue weighted by Crippen LogP contribution is 2.26. The van der Waals surface area contributed by atoms with Crippen LogP contribution in [0.5, 0.6) is 5.75 Å². The lowest BCUT2D eigenvalue weighted by Gasteiger charge is -2.11. The Morgan fingerprint density at radius 3 is 2.30 bits per heavy atom. The van der Waals surface area contributed by atoms with Gasteiger partial charge in [-0.2, -0.15) is 0 Å². The number of anilines is 1. The van der Waals surface area contributed by atoms with Gasteiger partial charge >= 0.3 is 12.0 Å². The number of hydrogen-bond acceptors (Lipinski definition) is 5. The van der Waals surface area contributed by atoms with Crippen molar-refractivity contribution >= 4 is 34.4 Å². The molecule has 3 aromatic rings. The zero-order valence-electron chi connectivity index (χ0n) is 16.9. The normalized spacial score (nSPS) is 10.4. The molecule has 0 aliphatic carbocycles. The zero-order chi connectivity index (χ0) is 21.7. The van der Waals surface area contributed by atoms with Crippen LogP contribution in [0.15, 0.2) is 54.6 Å². The van der Waals surface area contributed by atoms with Gasteiger partial charge in [0.1, 0.15) is 11.3 Å². The monoisotopic (exact) mass is 406 g/mol. The van der Waals surface area contributed by atoms with E-state index in [-0.39, 0.29) is 5.56 Å². The molecule has 0 bridgehead atoms. The van der Waals surface area contributed by atoms with E-state index in [0.717, 1.165) is 21.9 Å². The van der Waals surface area contributed by atoms with Gasteiger partial charge in [-0.25, -0.2) is 9.59 Å². The third-order valence-corrected chi connectivity index (χ3v) is 4.51. The minimum absolute atomic E-state index is 0.198. The fourth-order valence-corrected chi connectivity index (χ4v) is 3.03. The first-order valence-corrected chi connectivity index (χ1v) is 9.29. The predicted molar refractivity (Wildman–Crippen MR) is 114 cm³/mol. The van der Waals surface area contributed by atoms with E-state index in [2.05, 4.69) is 10.6 Å². The largest absolute Gasteiger partial charge is 0.496 e.